The van der Waals surface area contributed by atoms with E-state index in [9.17, 15) is 0 Å². The fraction of sp³-hybridized carbons (Fsp3) is 0.462. The minimum Gasteiger partial charge on any atom is -0.379 e. The summed E-state index contributed by atoms with van der Waals surface area (Å²) in [6, 6.07) is 3.99. The van der Waals surface area contributed by atoms with Gasteiger partial charge in [0.05, 0.1) is 33.7 Å². The van der Waals surface area contributed by atoms with Gasteiger partial charge in [0.1, 0.15) is 5.82 Å². The molecule has 1 unspecified atom stereocenters. The molecule has 1 aliphatic rings. The van der Waals surface area contributed by atoms with E-state index < -0.39 is 0 Å². The molecule has 1 aromatic carbocycles. The number of ether oxygens (including phenoxy) is 1. The first-order valence-corrected chi connectivity index (χ1v) is 7.49. The summed E-state index contributed by atoms with van der Waals surface area (Å²) in [6.45, 7) is 1.49. The molecule has 2 aromatic rings. The van der Waals surface area contributed by atoms with E-state index in [0.717, 1.165) is 36.3 Å². The van der Waals surface area contributed by atoms with Gasteiger partial charge in [-0.2, -0.15) is 0 Å². The maximum Gasteiger partial charge on any atom is 0.111 e. The van der Waals surface area contributed by atoms with Crippen molar-refractivity contribution in [2.45, 2.75) is 18.9 Å². The number of rotatable bonds is 3. The van der Waals surface area contributed by atoms with E-state index in [1.165, 1.54) is 0 Å². The third kappa shape index (κ3) is 2.45. The third-order valence-corrected chi connectivity index (χ3v) is 4.30. The van der Waals surface area contributed by atoms with Gasteiger partial charge in [-0.15, -0.1) is 11.6 Å². The van der Waals surface area contributed by atoms with Gasteiger partial charge in [-0.05, 0) is 18.6 Å². The monoisotopic (exact) mass is 318 g/mol. The summed E-state index contributed by atoms with van der Waals surface area (Å²) in [6.07, 6.45) is 1.71. The molecule has 0 N–H and O–H groups in total. The summed E-state index contributed by atoms with van der Waals surface area (Å²) in [5, 5.41) is 1.07. The van der Waals surface area contributed by atoms with Crippen molar-refractivity contribution < 1.29 is 4.74 Å². The molecule has 1 fully saturated rings. The van der Waals surface area contributed by atoms with Crippen molar-refractivity contribution in [3.63, 3.8) is 0 Å². The molecule has 2 heterocycles. The van der Waals surface area contributed by atoms with E-state index >= 15 is 0 Å². The van der Waals surface area contributed by atoms with Crippen molar-refractivity contribution in [2.75, 3.05) is 19.1 Å². The van der Waals surface area contributed by atoms with Gasteiger partial charge in [0.25, 0.3) is 0 Å². The SMILES string of the molecule is ClCCc1nc2cc(Cl)c(Cl)cc2n1C1CCOC1. The number of imidazole rings is 1. The molecule has 3 nitrogen and oxygen atoms in total. The van der Waals surface area contributed by atoms with Gasteiger partial charge >= 0.3 is 0 Å². The highest BCUT2D eigenvalue weighted by molar-refractivity contribution is 6.42. The quantitative estimate of drug-likeness (QED) is 0.797. The third-order valence-electron chi connectivity index (χ3n) is 3.39. The smallest absolute Gasteiger partial charge is 0.111 e. The molecule has 1 aliphatic heterocycles. The molecule has 0 saturated carbocycles. The molecule has 3 rings (SSSR count). The zero-order valence-corrected chi connectivity index (χ0v) is 12.5. The second-order valence-electron chi connectivity index (χ2n) is 4.61. The van der Waals surface area contributed by atoms with Crippen molar-refractivity contribution in [2.24, 2.45) is 0 Å². The van der Waals surface area contributed by atoms with Crippen LogP contribution in [0, 0.1) is 0 Å². The van der Waals surface area contributed by atoms with Gasteiger partial charge in [-0.3, -0.25) is 0 Å². The summed E-state index contributed by atoms with van der Waals surface area (Å²) in [4.78, 5) is 4.63. The van der Waals surface area contributed by atoms with Crippen LogP contribution in [0.5, 0.6) is 0 Å². The number of hydrogen-bond donors (Lipinski definition) is 0. The van der Waals surface area contributed by atoms with Crippen LogP contribution in [0.15, 0.2) is 12.1 Å². The number of fused-ring (bicyclic) bond motifs is 1. The fourth-order valence-electron chi connectivity index (χ4n) is 2.53. The lowest BCUT2D eigenvalue weighted by atomic mass is 10.2. The predicted molar refractivity (Wildman–Crippen MR) is 78.7 cm³/mol. The lowest BCUT2D eigenvalue weighted by Gasteiger charge is -2.14. The van der Waals surface area contributed by atoms with Crippen LogP contribution in [0.3, 0.4) is 0 Å². The van der Waals surface area contributed by atoms with Crippen LogP contribution in [-0.2, 0) is 11.2 Å². The number of hydrogen-bond acceptors (Lipinski definition) is 2. The van der Waals surface area contributed by atoms with Crippen LogP contribution in [0.25, 0.3) is 11.0 Å². The van der Waals surface area contributed by atoms with Crippen LogP contribution < -0.4 is 0 Å². The van der Waals surface area contributed by atoms with Gasteiger partial charge in [0, 0.05) is 18.9 Å². The Bertz CT molecular complexity index is 605. The van der Waals surface area contributed by atoms with Gasteiger partial charge < -0.3 is 9.30 Å². The van der Waals surface area contributed by atoms with Gasteiger partial charge in [-0.25, -0.2) is 4.98 Å². The minimum absolute atomic E-state index is 0.306. The Morgan fingerprint density at radius 3 is 2.79 bits per heavy atom. The van der Waals surface area contributed by atoms with Crippen molar-refractivity contribution >= 4 is 45.8 Å². The van der Waals surface area contributed by atoms with Crippen LogP contribution in [0.2, 0.25) is 10.0 Å². The average Bonchev–Trinajstić information content (AvgIpc) is 2.98. The summed E-state index contributed by atoms with van der Waals surface area (Å²) >= 11 is 18.0. The summed E-state index contributed by atoms with van der Waals surface area (Å²) in [7, 11) is 0. The van der Waals surface area contributed by atoms with Crippen molar-refractivity contribution in [1.82, 2.24) is 9.55 Å². The highest BCUT2D eigenvalue weighted by atomic mass is 35.5. The van der Waals surface area contributed by atoms with Gasteiger partial charge in [-0.1, -0.05) is 23.2 Å². The van der Waals surface area contributed by atoms with E-state index in [0.29, 0.717) is 28.6 Å². The Kier molecular flexibility index (Phi) is 3.90. The number of aromatic nitrogens is 2. The lowest BCUT2D eigenvalue weighted by molar-refractivity contribution is 0.186. The number of nitrogens with zero attached hydrogens (tertiary/aromatic N) is 2. The zero-order chi connectivity index (χ0) is 13.4. The molecule has 1 atom stereocenters. The highest BCUT2D eigenvalue weighted by Gasteiger charge is 2.23. The fourth-order valence-corrected chi connectivity index (χ4v) is 3.02. The Hall–Kier alpha value is -0.480. The second-order valence-corrected chi connectivity index (χ2v) is 5.80. The molecule has 0 spiro atoms. The van der Waals surface area contributed by atoms with Crippen LogP contribution in [0.4, 0.5) is 0 Å². The summed E-state index contributed by atoms with van der Waals surface area (Å²) in [5.74, 6) is 1.51. The molecular formula is C13H13Cl3N2O. The van der Waals surface area contributed by atoms with Gasteiger partial charge in [0.15, 0.2) is 0 Å². The highest BCUT2D eigenvalue weighted by Crippen LogP contribution is 2.32. The first kappa shape index (κ1) is 13.5. The van der Waals surface area contributed by atoms with Crippen LogP contribution in [0.1, 0.15) is 18.3 Å². The molecule has 19 heavy (non-hydrogen) atoms. The molecule has 102 valence electrons. The Balaban J connectivity index is 2.19. The van der Waals surface area contributed by atoms with Crippen LogP contribution in [-0.4, -0.2) is 28.6 Å². The molecule has 6 heteroatoms. The topological polar surface area (TPSA) is 27.1 Å². The van der Waals surface area contributed by atoms with E-state index in [-0.39, 0.29) is 0 Å². The number of halogens is 3. The summed E-state index contributed by atoms with van der Waals surface area (Å²) in [5.41, 5.74) is 1.87. The summed E-state index contributed by atoms with van der Waals surface area (Å²) < 4.78 is 7.68. The minimum atomic E-state index is 0.306. The van der Waals surface area contributed by atoms with Crippen molar-refractivity contribution in [1.29, 1.82) is 0 Å². The first-order chi connectivity index (χ1) is 9.20. The normalized spacial score (nSPS) is 19.4. The molecule has 0 radical (unpaired) electrons. The standard InChI is InChI=1S/C13H13Cl3N2O/c14-3-1-13-17-11-5-9(15)10(16)6-12(11)18(13)8-2-4-19-7-8/h5-6,8H,1-4,7H2. The largest absolute Gasteiger partial charge is 0.379 e. The maximum atomic E-state index is 6.12. The van der Waals surface area contributed by atoms with E-state index in [4.69, 9.17) is 39.5 Å². The van der Waals surface area contributed by atoms with E-state index in [1.54, 1.807) is 0 Å². The maximum absolute atomic E-state index is 6.12. The van der Waals surface area contributed by atoms with Crippen LogP contribution >= 0.6 is 34.8 Å². The molecule has 1 aromatic heterocycles. The first-order valence-electron chi connectivity index (χ1n) is 6.20. The number of alkyl halides is 1. The van der Waals surface area contributed by atoms with Gasteiger partial charge in [0.2, 0.25) is 0 Å². The lowest BCUT2D eigenvalue weighted by Crippen LogP contribution is -2.12. The van der Waals surface area contributed by atoms with Crippen molar-refractivity contribution in [3.05, 3.63) is 28.0 Å². The zero-order valence-electron chi connectivity index (χ0n) is 10.2. The molecule has 0 bridgehead atoms. The van der Waals surface area contributed by atoms with E-state index in [2.05, 4.69) is 9.55 Å². The Labute approximate surface area is 126 Å². The second kappa shape index (κ2) is 5.49. The molecule has 0 aliphatic carbocycles. The average molecular weight is 320 g/mol. The van der Waals surface area contributed by atoms with E-state index in [1.807, 2.05) is 12.1 Å². The molecular weight excluding hydrogens is 307 g/mol. The molecule has 1 saturated heterocycles. The predicted octanol–water partition coefficient (Wildman–Crippen LogP) is 4.09. The Morgan fingerprint density at radius 1 is 1.32 bits per heavy atom. The van der Waals surface area contributed by atoms with Crippen molar-refractivity contribution in [3.8, 4) is 0 Å². The number of aryl methyl sites for hydroxylation is 1. The Morgan fingerprint density at radius 2 is 2.11 bits per heavy atom. The molecule has 0 amide bonds. The number of benzene rings is 1.